The summed E-state index contributed by atoms with van der Waals surface area (Å²) in [6.45, 7) is 4.68. The van der Waals surface area contributed by atoms with Crippen LogP contribution < -0.4 is 10.6 Å². The van der Waals surface area contributed by atoms with Crippen LogP contribution in [0.1, 0.15) is 39.5 Å². The first-order valence-corrected chi connectivity index (χ1v) is 9.07. The molecule has 6 heteroatoms. The van der Waals surface area contributed by atoms with Gasteiger partial charge in [-0.1, -0.05) is 44.9 Å². The molecule has 2 aliphatic rings. The lowest BCUT2D eigenvalue weighted by molar-refractivity contribution is 0.185. The summed E-state index contributed by atoms with van der Waals surface area (Å²) in [6.07, 6.45) is 4.11. The second kappa shape index (κ2) is 7.68. The number of nitrogens with one attached hydrogen (secondary N) is 2. The third-order valence-corrected chi connectivity index (χ3v) is 4.72. The number of fused-ring (bicyclic) bond motifs is 1. The van der Waals surface area contributed by atoms with E-state index in [4.69, 9.17) is 0 Å². The molecule has 1 saturated heterocycles. The Morgan fingerprint density at radius 3 is 2.72 bits per heavy atom. The highest BCUT2D eigenvalue weighted by Crippen LogP contribution is 2.30. The van der Waals surface area contributed by atoms with Gasteiger partial charge in [0.05, 0.1) is 0 Å². The first kappa shape index (κ1) is 17.5. The van der Waals surface area contributed by atoms with Crippen molar-refractivity contribution in [2.24, 2.45) is 16.8 Å². The van der Waals surface area contributed by atoms with Gasteiger partial charge < -0.3 is 10.6 Å². The van der Waals surface area contributed by atoms with E-state index in [0.29, 0.717) is 24.0 Å². The number of carbonyl (C=O) groups excluding carboxylic acids is 2. The highest BCUT2D eigenvalue weighted by molar-refractivity contribution is 6.08. The molecule has 25 heavy (non-hydrogen) atoms. The highest BCUT2D eigenvalue weighted by atomic mass is 16.2. The summed E-state index contributed by atoms with van der Waals surface area (Å²) in [6, 6.07) is 8.79. The first-order valence-electron chi connectivity index (χ1n) is 9.07. The lowest BCUT2D eigenvalue weighted by atomic mass is 9.81. The number of nitrogens with zero attached hydrogens (tertiary/aromatic N) is 2. The highest BCUT2D eigenvalue weighted by Gasteiger charge is 2.40. The maximum atomic E-state index is 12.5. The molecule has 1 aliphatic carbocycles. The number of anilines is 1. The van der Waals surface area contributed by atoms with Crippen LogP contribution >= 0.6 is 0 Å². The number of amides is 4. The smallest absolute Gasteiger partial charge is 0.334 e. The first-order chi connectivity index (χ1) is 12.0. The molecule has 1 aliphatic heterocycles. The van der Waals surface area contributed by atoms with E-state index in [0.717, 1.165) is 25.7 Å². The Labute approximate surface area is 148 Å². The topological polar surface area (TPSA) is 73.8 Å². The third kappa shape index (κ3) is 4.18. The predicted octanol–water partition coefficient (Wildman–Crippen LogP) is 3.86. The van der Waals surface area contributed by atoms with Crippen LogP contribution in [0.25, 0.3) is 0 Å². The summed E-state index contributed by atoms with van der Waals surface area (Å²) in [5, 5.41) is 5.89. The van der Waals surface area contributed by atoms with Crippen molar-refractivity contribution < 1.29 is 9.59 Å². The molecule has 3 rings (SSSR count). The van der Waals surface area contributed by atoms with Crippen LogP contribution in [0.15, 0.2) is 35.3 Å². The van der Waals surface area contributed by atoms with Crippen molar-refractivity contribution in [1.82, 2.24) is 10.2 Å². The van der Waals surface area contributed by atoms with Gasteiger partial charge in [0.25, 0.3) is 0 Å². The van der Waals surface area contributed by atoms with E-state index in [1.54, 1.807) is 4.90 Å². The minimum absolute atomic E-state index is 0.0907. The number of hydrogen-bond acceptors (Lipinski definition) is 2. The monoisotopic (exact) mass is 342 g/mol. The van der Waals surface area contributed by atoms with Crippen molar-refractivity contribution in [2.45, 2.75) is 45.6 Å². The number of benzene rings is 1. The number of carbonyl (C=O) groups is 2. The van der Waals surface area contributed by atoms with Crippen molar-refractivity contribution in [2.75, 3.05) is 11.9 Å². The van der Waals surface area contributed by atoms with E-state index in [1.165, 1.54) is 0 Å². The quantitative estimate of drug-likeness (QED) is 0.875. The number of amidine groups is 1. The number of para-hydroxylation sites is 1. The van der Waals surface area contributed by atoms with Crippen LogP contribution in [0.2, 0.25) is 0 Å². The van der Waals surface area contributed by atoms with Gasteiger partial charge in [0.15, 0.2) is 0 Å². The van der Waals surface area contributed by atoms with Crippen molar-refractivity contribution in [3.05, 3.63) is 30.3 Å². The molecule has 4 amide bonds. The van der Waals surface area contributed by atoms with Crippen LogP contribution in [0, 0.1) is 11.8 Å². The minimum Gasteiger partial charge on any atom is -0.334 e. The van der Waals surface area contributed by atoms with E-state index in [-0.39, 0.29) is 18.0 Å². The molecular formula is C19H26N4O2. The van der Waals surface area contributed by atoms with Gasteiger partial charge in [0.2, 0.25) is 0 Å². The number of rotatable bonds is 3. The Hall–Kier alpha value is -2.37. The molecule has 1 saturated carbocycles. The molecule has 134 valence electrons. The standard InChI is InChI=1S/C19H26N4O2/c1-13(2)12-23-17(15-10-6-7-11-16(15)21-19(23)25)22-18(24)20-14-8-4-3-5-9-14/h3-5,8-9,13,15-16H,6-7,10-12H2,1-2H3,(H,20,24)(H,21,25)/b22-17+. The van der Waals surface area contributed by atoms with E-state index in [9.17, 15) is 9.59 Å². The number of aliphatic imine (C=N–C) groups is 1. The summed E-state index contributed by atoms with van der Waals surface area (Å²) >= 11 is 0. The van der Waals surface area contributed by atoms with Gasteiger partial charge in [0.1, 0.15) is 5.84 Å². The van der Waals surface area contributed by atoms with Crippen molar-refractivity contribution in [3.8, 4) is 0 Å². The fourth-order valence-corrected chi connectivity index (χ4v) is 3.62. The molecule has 6 nitrogen and oxygen atoms in total. The summed E-state index contributed by atoms with van der Waals surface area (Å²) in [7, 11) is 0. The van der Waals surface area contributed by atoms with E-state index >= 15 is 0 Å². The van der Waals surface area contributed by atoms with Gasteiger partial charge in [-0.25, -0.2) is 9.59 Å². The Morgan fingerprint density at radius 1 is 1.28 bits per heavy atom. The van der Waals surface area contributed by atoms with Crippen molar-refractivity contribution >= 4 is 23.6 Å². The lowest BCUT2D eigenvalue weighted by Crippen LogP contribution is -2.61. The van der Waals surface area contributed by atoms with Crippen LogP contribution in [-0.4, -0.2) is 35.4 Å². The van der Waals surface area contributed by atoms with Gasteiger partial charge in [0, 0.05) is 24.2 Å². The minimum atomic E-state index is -0.422. The van der Waals surface area contributed by atoms with Gasteiger partial charge in [-0.15, -0.1) is 0 Å². The fourth-order valence-electron chi connectivity index (χ4n) is 3.62. The van der Waals surface area contributed by atoms with Gasteiger partial charge in [-0.2, -0.15) is 4.99 Å². The Morgan fingerprint density at radius 2 is 2.00 bits per heavy atom. The molecule has 0 radical (unpaired) electrons. The Bertz CT molecular complexity index is 657. The molecule has 0 aromatic heterocycles. The third-order valence-electron chi connectivity index (χ3n) is 4.72. The largest absolute Gasteiger partial charge is 0.347 e. The zero-order valence-electron chi connectivity index (χ0n) is 14.9. The fraction of sp³-hybridized carbons (Fsp3) is 0.526. The maximum absolute atomic E-state index is 12.5. The molecule has 1 aromatic carbocycles. The van der Waals surface area contributed by atoms with Crippen LogP contribution in [0.5, 0.6) is 0 Å². The van der Waals surface area contributed by atoms with Crippen molar-refractivity contribution in [3.63, 3.8) is 0 Å². The molecule has 0 bridgehead atoms. The van der Waals surface area contributed by atoms with Crippen molar-refractivity contribution in [1.29, 1.82) is 0 Å². The van der Waals surface area contributed by atoms with Gasteiger partial charge >= 0.3 is 12.1 Å². The molecule has 2 N–H and O–H groups in total. The second-order valence-corrected chi connectivity index (χ2v) is 7.22. The average Bonchev–Trinajstić information content (AvgIpc) is 2.58. The normalized spacial score (nSPS) is 24.8. The molecule has 2 atom stereocenters. The number of urea groups is 2. The SMILES string of the molecule is CC(C)CN1C(=O)NC2CCCCC2/C1=N\C(=O)Nc1ccccc1. The summed E-state index contributed by atoms with van der Waals surface area (Å²) in [5.74, 6) is 1.04. The van der Waals surface area contributed by atoms with Crippen LogP contribution in [0.4, 0.5) is 15.3 Å². The lowest BCUT2D eigenvalue weighted by Gasteiger charge is -2.42. The van der Waals surface area contributed by atoms with Gasteiger partial charge in [-0.3, -0.25) is 4.90 Å². The maximum Gasteiger partial charge on any atom is 0.347 e. The molecule has 2 fully saturated rings. The van der Waals surface area contributed by atoms with Crippen LogP contribution in [-0.2, 0) is 0 Å². The van der Waals surface area contributed by atoms with E-state index < -0.39 is 6.03 Å². The summed E-state index contributed by atoms with van der Waals surface area (Å²) < 4.78 is 0. The second-order valence-electron chi connectivity index (χ2n) is 7.22. The van der Waals surface area contributed by atoms with Gasteiger partial charge in [-0.05, 0) is 30.9 Å². The van der Waals surface area contributed by atoms with E-state index in [2.05, 4.69) is 29.5 Å². The molecular weight excluding hydrogens is 316 g/mol. The zero-order valence-corrected chi connectivity index (χ0v) is 14.9. The molecule has 1 heterocycles. The molecule has 0 spiro atoms. The Balaban J connectivity index is 1.85. The summed E-state index contributed by atoms with van der Waals surface area (Å²) in [5.41, 5.74) is 0.702. The van der Waals surface area contributed by atoms with Crippen LogP contribution in [0.3, 0.4) is 0 Å². The Kier molecular flexibility index (Phi) is 5.36. The summed E-state index contributed by atoms with van der Waals surface area (Å²) in [4.78, 5) is 31.0. The number of hydrogen-bond donors (Lipinski definition) is 2. The zero-order chi connectivity index (χ0) is 17.8. The molecule has 2 unspecified atom stereocenters. The molecule has 1 aromatic rings. The van der Waals surface area contributed by atoms with E-state index in [1.807, 2.05) is 30.3 Å². The average molecular weight is 342 g/mol. The predicted molar refractivity (Wildman–Crippen MR) is 98.7 cm³/mol.